The summed E-state index contributed by atoms with van der Waals surface area (Å²) < 4.78 is 22.3. The summed E-state index contributed by atoms with van der Waals surface area (Å²) in [5, 5.41) is 0. The van der Waals surface area contributed by atoms with Gasteiger partial charge in [0.15, 0.2) is 0 Å². The number of hydrogen-bond acceptors (Lipinski definition) is 4. The molecule has 6 nitrogen and oxygen atoms in total. The highest BCUT2D eigenvalue weighted by Gasteiger charge is 1.86. The number of amides is 2. The van der Waals surface area contributed by atoms with E-state index in [1.165, 1.54) is 5.48 Å². The molecule has 0 radical (unpaired) electrons. The maximum absolute atomic E-state index is 9.62. The molecular formula is CH3N2O4S-. The summed E-state index contributed by atoms with van der Waals surface area (Å²) in [7, 11) is 0. The molecule has 0 aliphatic carbocycles. The van der Waals surface area contributed by atoms with Crippen LogP contribution in [0.1, 0.15) is 0 Å². The molecule has 48 valence electrons. The van der Waals surface area contributed by atoms with Crippen molar-refractivity contribution >= 4 is 17.4 Å². The van der Waals surface area contributed by atoms with Crippen molar-refractivity contribution < 1.29 is 17.8 Å². The van der Waals surface area contributed by atoms with Gasteiger partial charge >= 0.3 is 6.03 Å². The molecule has 0 aliphatic rings. The van der Waals surface area contributed by atoms with Gasteiger partial charge in [-0.1, -0.05) is 0 Å². The van der Waals surface area contributed by atoms with Crippen molar-refractivity contribution in [2.24, 2.45) is 5.73 Å². The lowest BCUT2D eigenvalue weighted by atomic mass is 11.2. The molecule has 0 bridgehead atoms. The Hall–Kier alpha value is -0.660. The van der Waals surface area contributed by atoms with Crippen LogP contribution in [0.15, 0.2) is 0 Å². The highest BCUT2D eigenvalue weighted by atomic mass is 32.2. The van der Waals surface area contributed by atoms with Gasteiger partial charge in [0, 0.05) is 0 Å². The molecule has 7 heteroatoms. The fourth-order valence-electron chi connectivity index (χ4n) is 0.0751. The molecule has 3 N–H and O–H groups in total. The number of hydroxylamine groups is 1. The van der Waals surface area contributed by atoms with Crippen LogP contribution in [-0.4, -0.2) is 14.8 Å². The summed E-state index contributed by atoms with van der Waals surface area (Å²) in [5.41, 5.74) is 5.76. The maximum Gasteiger partial charge on any atom is 0.337 e. The molecule has 0 saturated carbocycles. The normalized spacial score (nSPS) is 12.6. The van der Waals surface area contributed by atoms with Crippen molar-refractivity contribution in [2.45, 2.75) is 0 Å². The van der Waals surface area contributed by atoms with Gasteiger partial charge in [0.1, 0.15) is 11.4 Å². The molecule has 1 atom stereocenters. The topological polar surface area (TPSA) is 104 Å². The van der Waals surface area contributed by atoms with E-state index in [1.54, 1.807) is 0 Å². The standard InChI is InChI=1S/CH4N2O4S/c2-1(4)3-7-8(5)6/h(H,5,6)(H3,2,3,4)/p-1. The average Bonchev–Trinajstić information content (AvgIpc) is 1.61. The highest BCUT2D eigenvalue weighted by molar-refractivity contribution is 7.74. The molecule has 2 amide bonds. The predicted molar refractivity (Wildman–Crippen MR) is 22.7 cm³/mol. The Bertz CT molecular complexity index is 98.6. The zero-order valence-corrected chi connectivity index (χ0v) is 4.44. The fourth-order valence-corrected chi connectivity index (χ4v) is 0.225. The molecule has 8 heavy (non-hydrogen) atoms. The molecular weight excluding hydrogens is 136 g/mol. The number of nitrogens with two attached hydrogens (primary N) is 1. The number of urea groups is 1. The Labute approximate surface area is 47.4 Å². The molecule has 0 fully saturated rings. The van der Waals surface area contributed by atoms with Crippen LogP contribution in [0.5, 0.6) is 0 Å². The minimum absolute atomic E-state index is 1.06. The van der Waals surface area contributed by atoms with Crippen LogP contribution >= 0.6 is 0 Å². The van der Waals surface area contributed by atoms with Gasteiger partial charge in [-0.05, 0) is 0 Å². The van der Waals surface area contributed by atoms with Crippen LogP contribution in [0.4, 0.5) is 4.79 Å². The summed E-state index contributed by atoms with van der Waals surface area (Å²) in [5.74, 6) is 0. The Morgan fingerprint density at radius 2 is 2.38 bits per heavy atom. The van der Waals surface area contributed by atoms with E-state index in [-0.39, 0.29) is 0 Å². The predicted octanol–water partition coefficient (Wildman–Crippen LogP) is -1.62. The van der Waals surface area contributed by atoms with Crippen molar-refractivity contribution in [3.05, 3.63) is 0 Å². The summed E-state index contributed by atoms with van der Waals surface area (Å²) >= 11 is -2.75. The largest absolute Gasteiger partial charge is 0.748 e. The second-order valence-corrected chi connectivity index (χ2v) is 1.33. The van der Waals surface area contributed by atoms with E-state index >= 15 is 0 Å². The van der Waals surface area contributed by atoms with Gasteiger partial charge in [0.05, 0.1) is 0 Å². The minimum atomic E-state index is -2.75. The van der Waals surface area contributed by atoms with E-state index in [1.807, 2.05) is 0 Å². The van der Waals surface area contributed by atoms with E-state index in [9.17, 15) is 13.6 Å². The smallest absolute Gasteiger partial charge is 0.337 e. The number of primary amides is 1. The van der Waals surface area contributed by atoms with Crippen molar-refractivity contribution in [2.75, 3.05) is 0 Å². The van der Waals surface area contributed by atoms with Gasteiger partial charge in [0.2, 0.25) is 0 Å². The fraction of sp³-hybridized carbons (Fsp3) is 0. The summed E-state index contributed by atoms with van der Waals surface area (Å²) in [6, 6.07) is -1.06. The zero-order chi connectivity index (χ0) is 6.57. The summed E-state index contributed by atoms with van der Waals surface area (Å²) in [6.07, 6.45) is 0. The average molecular weight is 139 g/mol. The third-order valence-electron chi connectivity index (χ3n) is 0.210. The zero-order valence-electron chi connectivity index (χ0n) is 3.62. The van der Waals surface area contributed by atoms with E-state index in [0.29, 0.717) is 0 Å². The van der Waals surface area contributed by atoms with Crippen LogP contribution < -0.4 is 11.2 Å². The lowest BCUT2D eigenvalue weighted by Crippen LogP contribution is -2.29. The Morgan fingerprint density at radius 3 is 2.50 bits per heavy atom. The first kappa shape index (κ1) is 7.34. The van der Waals surface area contributed by atoms with Crippen molar-refractivity contribution in [1.82, 2.24) is 5.48 Å². The molecule has 0 aromatic heterocycles. The van der Waals surface area contributed by atoms with Gasteiger partial charge in [-0.25, -0.2) is 14.5 Å². The van der Waals surface area contributed by atoms with Crippen molar-refractivity contribution in [3.63, 3.8) is 0 Å². The van der Waals surface area contributed by atoms with Crippen LogP contribution in [0, 0.1) is 0 Å². The molecule has 0 saturated heterocycles. The van der Waals surface area contributed by atoms with Gasteiger partial charge in [-0.15, -0.1) is 0 Å². The van der Waals surface area contributed by atoms with Gasteiger partial charge in [-0.3, -0.25) is 0 Å². The molecule has 0 spiro atoms. The first-order valence-electron chi connectivity index (χ1n) is 1.45. The monoisotopic (exact) mass is 139 g/mol. The van der Waals surface area contributed by atoms with E-state index in [4.69, 9.17) is 0 Å². The van der Waals surface area contributed by atoms with E-state index in [0.717, 1.165) is 0 Å². The lowest BCUT2D eigenvalue weighted by molar-refractivity contribution is 0.185. The SMILES string of the molecule is NC(=O)NOS(=O)[O-]. The van der Waals surface area contributed by atoms with Gasteiger partial charge in [-0.2, -0.15) is 4.28 Å². The highest BCUT2D eigenvalue weighted by Crippen LogP contribution is 1.67. The van der Waals surface area contributed by atoms with Gasteiger partial charge < -0.3 is 10.3 Å². The van der Waals surface area contributed by atoms with Crippen LogP contribution in [-0.2, 0) is 15.6 Å². The summed E-state index contributed by atoms with van der Waals surface area (Å²) in [6.45, 7) is 0. The number of hydrogen-bond donors (Lipinski definition) is 2. The molecule has 0 aliphatic heterocycles. The number of carbonyl (C=O) groups is 1. The van der Waals surface area contributed by atoms with Crippen LogP contribution in [0.2, 0.25) is 0 Å². The lowest BCUT2D eigenvalue weighted by Gasteiger charge is -2.01. The number of carbonyl (C=O) groups excluding carboxylic acids is 1. The number of rotatable bonds is 2. The maximum atomic E-state index is 9.62. The van der Waals surface area contributed by atoms with Crippen molar-refractivity contribution in [1.29, 1.82) is 0 Å². The van der Waals surface area contributed by atoms with E-state index < -0.39 is 17.4 Å². The molecule has 0 aromatic carbocycles. The molecule has 0 heterocycles. The first-order chi connectivity index (χ1) is 3.63. The third-order valence-corrected chi connectivity index (χ3v) is 0.430. The second kappa shape index (κ2) is 3.36. The Morgan fingerprint density at radius 1 is 1.88 bits per heavy atom. The molecule has 0 rings (SSSR count). The minimum Gasteiger partial charge on any atom is -0.748 e. The molecule has 1 unspecified atom stereocenters. The molecule has 0 aromatic rings. The van der Waals surface area contributed by atoms with Gasteiger partial charge in [0.25, 0.3) is 0 Å². The first-order valence-corrected chi connectivity index (χ1v) is 2.45. The van der Waals surface area contributed by atoms with Crippen molar-refractivity contribution in [3.8, 4) is 0 Å². The van der Waals surface area contributed by atoms with E-state index in [2.05, 4.69) is 10.0 Å². The Balaban J connectivity index is 3.18. The van der Waals surface area contributed by atoms with Crippen LogP contribution in [0.3, 0.4) is 0 Å². The summed E-state index contributed by atoms with van der Waals surface area (Å²) in [4.78, 5) is 9.62. The second-order valence-electron chi connectivity index (χ2n) is 0.754. The number of nitrogens with one attached hydrogen (secondary N) is 1. The quantitative estimate of drug-likeness (QED) is 0.354. The third kappa shape index (κ3) is 5.34. The van der Waals surface area contributed by atoms with Crippen LogP contribution in [0.25, 0.3) is 0 Å². The Kier molecular flexibility index (Phi) is 3.08.